The maximum atomic E-state index is 4.62. The second-order valence-electron chi connectivity index (χ2n) is 9.53. The predicted molar refractivity (Wildman–Crippen MR) is 136 cm³/mol. The molecule has 33 heavy (non-hydrogen) atoms. The van der Waals surface area contributed by atoms with Crippen molar-refractivity contribution in [3.63, 3.8) is 0 Å². The Kier molecular flexibility index (Phi) is 5.69. The van der Waals surface area contributed by atoms with E-state index >= 15 is 0 Å². The van der Waals surface area contributed by atoms with Crippen LogP contribution in [0.15, 0.2) is 61.2 Å². The van der Waals surface area contributed by atoms with Crippen LogP contribution in [0.2, 0.25) is 0 Å². The van der Waals surface area contributed by atoms with Gasteiger partial charge >= 0.3 is 0 Å². The zero-order valence-electron chi connectivity index (χ0n) is 20.3. The topological polar surface area (TPSA) is 35.6 Å². The molecule has 4 nitrogen and oxygen atoms in total. The van der Waals surface area contributed by atoms with Gasteiger partial charge in [0.25, 0.3) is 0 Å². The van der Waals surface area contributed by atoms with Gasteiger partial charge in [0.05, 0.1) is 0 Å². The quantitative estimate of drug-likeness (QED) is 0.293. The van der Waals surface area contributed by atoms with Gasteiger partial charge in [-0.3, -0.25) is 0 Å². The Morgan fingerprint density at radius 1 is 0.697 bits per heavy atom. The number of hydrogen-bond donors (Lipinski definition) is 0. The van der Waals surface area contributed by atoms with Gasteiger partial charge in [-0.05, 0) is 47.2 Å². The Morgan fingerprint density at radius 3 is 1.52 bits per heavy atom. The van der Waals surface area contributed by atoms with Crippen LogP contribution in [-0.2, 0) is 19.5 Å². The molecule has 2 heterocycles. The van der Waals surface area contributed by atoms with Crippen LogP contribution in [0.5, 0.6) is 0 Å². The molecule has 2 aromatic heterocycles. The molecule has 170 valence electrons. The number of aromatic nitrogens is 4. The lowest BCUT2D eigenvalue weighted by molar-refractivity contribution is 0.414. The molecule has 4 heteroatoms. The highest BCUT2D eigenvalue weighted by Gasteiger charge is 2.42. The van der Waals surface area contributed by atoms with E-state index in [0.29, 0.717) is 0 Å². The zero-order valence-corrected chi connectivity index (χ0v) is 20.3. The van der Waals surface area contributed by atoms with E-state index in [0.717, 1.165) is 11.6 Å². The van der Waals surface area contributed by atoms with Crippen molar-refractivity contribution in [1.29, 1.82) is 0 Å². The zero-order chi connectivity index (χ0) is 23.0. The van der Waals surface area contributed by atoms with Gasteiger partial charge in [0.15, 0.2) is 0 Å². The molecule has 0 N–H and O–H groups in total. The summed E-state index contributed by atoms with van der Waals surface area (Å²) in [6.07, 6.45) is 15.1. The number of hydrogen-bond acceptors (Lipinski definition) is 2. The molecule has 0 radical (unpaired) electrons. The molecule has 4 aromatic rings. The Labute approximate surface area is 197 Å². The summed E-state index contributed by atoms with van der Waals surface area (Å²) in [5, 5.41) is 0. The van der Waals surface area contributed by atoms with Gasteiger partial charge in [-0.2, -0.15) is 0 Å². The van der Waals surface area contributed by atoms with E-state index < -0.39 is 0 Å². The van der Waals surface area contributed by atoms with Gasteiger partial charge in [-0.15, -0.1) is 0 Å². The first-order chi connectivity index (χ1) is 16.1. The molecule has 0 aliphatic heterocycles. The van der Waals surface area contributed by atoms with Crippen LogP contribution >= 0.6 is 0 Å². The summed E-state index contributed by atoms with van der Waals surface area (Å²) in [6, 6.07) is 14.1. The lowest BCUT2D eigenvalue weighted by Crippen LogP contribution is -2.25. The van der Waals surface area contributed by atoms with Crippen LogP contribution in [0, 0.1) is 0 Å². The van der Waals surface area contributed by atoms with Gasteiger partial charge in [0.1, 0.15) is 11.6 Å². The van der Waals surface area contributed by atoms with Crippen LogP contribution in [0.1, 0.15) is 63.5 Å². The van der Waals surface area contributed by atoms with E-state index in [-0.39, 0.29) is 5.41 Å². The molecule has 0 unspecified atom stereocenters. The van der Waals surface area contributed by atoms with Gasteiger partial charge in [-0.1, -0.05) is 63.8 Å². The van der Waals surface area contributed by atoms with E-state index in [2.05, 4.69) is 83.4 Å². The lowest BCUT2D eigenvalue weighted by Gasteiger charge is -2.32. The molecular weight excluding hydrogens is 404 g/mol. The van der Waals surface area contributed by atoms with Crippen molar-refractivity contribution in [3.05, 3.63) is 72.3 Å². The van der Waals surface area contributed by atoms with Gasteiger partial charge < -0.3 is 9.13 Å². The Balaban J connectivity index is 1.74. The van der Waals surface area contributed by atoms with Crippen LogP contribution in [-0.4, -0.2) is 19.1 Å². The van der Waals surface area contributed by atoms with Crippen molar-refractivity contribution in [3.8, 4) is 33.9 Å². The average molecular weight is 439 g/mol. The number of aryl methyl sites for hydroxylation is 2. The summed E-state index contributed by atoms with van der Waals surface area (Å²) in [7, 11) is 4.13. The lowest BCUT2D eigenvalue weighted by atomic mass is 9.70. The number of fused-ring (bicyclic) bond motifs is 3. The minimum atomic E-state index is 0.0943. The second-order valence-corrected chi connectivity index (χ2v) is 9.53. The summed E-state index contributed by atoms with van der Waals surface area (Å²) < 4.78 is 4.20. The monoisotopic (exact) mass is 438 g/mol. The van der Waals surface area contributed by atoms with E-state index in [1.54, 1.807) is 0 Å². The van der Waals surface area contributed by atoms with Crippen molar-refractivity contribution < 1.29 is 0 Å². The summed E-state index contributed by atoms with van der Waals surface area (Å²) in [5.41, 5.74) is 8.18. The smallest absolute Gasteiger partial charge is 0.139 e. The highest BCUT2D eigenvalue weighted by Crippen LogP contribution is 2.55. The van der Waals surface area contributed by atoms with E-state index in [1.807, 2.05) is 24.8 Å². The summed E-state index contributed by atoms with van der Waals surface area (Å²) in [5.74, 6) is 2.03. The third-order valence-electron chi connectivity index (χ3n) is 7.43. The summed E-state index contributed by atoms with van der Waals surface area (Å²) >= 11 is 0. The molecule has 1 aliphatic carbocycles. The molecule has 5 rings (SSSR count). The highest BCUT2D eigenvalue weighted by molar-refractivity contribution is 5.86. The molecule has 0 saturated heterocycles. The maximum absolute atomic E-state index is 4.62. The van der Waals surface area contributed by atoms with Crippen molar-refractivity contribution >= 4 is 0 Å². The summed E-state index contributed by atoms with van der Waals surface area (Å²) in [6.45, 7) is 4.61. The molecule has 0 bridgehead atoms. The Hall–Kier alpha value is -3.14. The number of imidazole rings is 2. The average Bonchev–Trinajstić information content (AvgIpc) is 3.52. The summed E-state index contributed by atoms with van der Waals surface area (Å²) in [4.78, 5) is 9.24. The first-order valence-electron chi connectivity index (χ1n) is 12.3. The fourth-order valence-corrected chi connectivity index (χ4v) is 5.70. The molecule has 2 aromatic carbocycles. The molecule has 0 fully saturated rings. The fourth-order valence-electron chi connectivity index (χ4n) is 5.70. The maximum Gasteiger partial charge on any atom is 0.139 e. The largest absolute Gasteiger partial charge is 0.334 e. The van der Waals surface area contributed by atoms with Crippen LogP contribution in [0.3, 0.4) is 0 Å². The molecule has 0 saturated carbocycles. The van der Waals surface area contributed by atoms with Crippen LogP contribution < -0.4 is 0 Å². The normalized spacial score (nSPS) is 13.8. The SMILES string of the molecule is CCCCC1(CCCC)c2ccc(-c3nccn3C)cc2-c2cc(-c3nccn3C)ccc21. The first-order valence-corrected chi connectivity index (χ1v) is 12.3. The predicted octanol–water partition coefficient (Wildman–Crippen LogP) is 7.13. The molecule has 0 amide bonds. The molecule has 0 spiro atoms. The number of nitrogens with zero attached hydrogens (tertiary/aromatic N) is 4. The minimum absolute atomic E-state index is 0.0943. The second kappa shape index (κ2) is 8.66. The van der Waals surface area contributed by atoms with Crippen molar-refractivity contribution in [2.24, 2.45) is 14.1 Å². The van der Waals surface area contributed by atoms with Crippen LogP contribution in [0.25, 0.3) is 33.9 Å². The number of benzene rings is 2. The van der Waals surface area contributed by atoms with E-state index in [9.17, 15) is 0 Å². The first kappa shape index (κ1) is 21.7. The van der Waals surface area contributed by atoms with E-state index in [1.165, 1.54) is 71.9 Å². The molecular formula is C29H34N4. The van der Waals surface area contributed by atoms with Crippen molar-refractivity contribution in [2.45, 2.75) is 57.8 Å². The van der Waals surface area contributed by atoms with Gasteiger partial charge in [-0.25, -0.2) is 9.97 Å². The Bertz CT molecular complexity index is 1180. The van der Waals surface area contributed by atoms with Crippen molar-refractivity contribution in [2.75, 3.05) is 0 Å². The number of rotatable bonds is 8. The molecule has 1 aliphatic rings. The van der Waals surface area contributed by atoms with Gasteiger partial charge in [0, 0.05) is 55.4 Å². The molecule has 0 atom stereocenters. The van der Waals surface area contributed by atoms with Crippen LogP contribution in [0.4, 0.5) is 0 Å². The van der Waals surface area contributed by atoms with E-state index in [4.69, 9.17) is 0 Å². The Morgan fingerprint density at radius 2 is 1.15 bits per heavy atom. The highest BCUT2D eigenvalue weighted by atomic mass is 15.0. The third-order valence-corrected chi connectivity index (χ3v) is 7.43. The third kappa shape index (κ3) is 3.52. The standard InChI is InChI=1S/C29H34N4/c1-5-7-13-29(14-8-6-2)25-11-9-21(27-30-15-17-32(27)3)19-23(25)24-20-22(10-12-26(24)29)28-31-16-18-33(28)4/h9-12,15-20H,5-8,13-14H2,1-4H3. The van der Waals surface area contributed by atoms with Crippen molar-refractivity contribution in [1.82, 2.24) is 19.1 Å². The fraction of sp³-hybridized carbons (Fsp3) is 0.379. The number of unbranched alkanes of at least 4 members (excludes halogenated alkanes) is 2. The minimum Gasteiger partial charge on any atom is -0.334 e. The van der Waals surface area contributed by atoms with Gasteiger partial charge in [0.2, 0.25) is 0 Å².